The summed E-state index contributed by atoms with van der Waals surface area (Å²) in [5.74, 6) is 0.145. The standard InChI is InChI=1S/C14H20ClNO/c1-4-5-11(2)16(3)10-14(17)12-6-8-13(15)9-7-12/h6-9,11H,4-5,10H2,1-3H3. The van der Waals surface area contributed by atoms with Crippen LogP contribution in [0, 0.1) is 0 Å². The minimum Gasteiger partial charge on any atom is -0.296 e. The van der Waals surface area contributed by atoms with Gasteiger partial charge in [-0.25, -0.2) is 0 Å². The summed E-state index contributed by atoms with van der Waals surface area (Å²) in [5, 5.41) is 0.661. The zero-order chi connectivity index (χ0) is 12.8. The van der Waals surface area contributed by atoms with Gasteiger partial charge in [0, 0.05) is 16.6 Å². The van der Waals surface area contributed by atoms with Gasteiger partial charge in [-0.05, 0) is 44.7 Å². The number of carbonyl (C=O) groups is 1. The van der Waals surface area contributed by atoms with Gasteiger partial charge < -0.3 is 0 Å². The second kappa shape index (κ2) is 6.77. The maximum absolute atomic E-state index is 12.0. The normalized spacial score (nSPS) is 12.8. The monoisotopic (exact) mass is 253 g/mol. The lowest BCUT2D eigenvalue weighted by molar-refractivity contribution is 0.0921. The number of rotatable bonds is 6. The molecular formula is C14H20ClNO. The first-order valence-electron chi connectivity index (χ1n) is 6.03. The van der Waals surface area contributed by atoms with Gasteiger partial charge in [0.1, 0.15) is 0 Å². The Labute approximate surface area is 109 Å². The Balaban J connectivity index is 2.57. The molecule has 0 aliphatic carbocycles. The number of ketones is 1. The van der Waals surface area contributed by atoms with Crippen LogP contribution in [0.2, 0.25) is 5.02 Å². The molecule has 1 aromatic carbocycles. The van der Waals surface area contributed by atoms with E-state index in [-0.39, 0.29) is 5.78 Å². The molecule has 0 spiro atoms. The zero-order valence-corrected chi connectivity index (χ0v) is 11.5. The molecule has 0 saturated heterocycles. The molecule has 0 saturated carbocycles. The van der Waals surface area contributed by atoms with Crippen LogP contribution in [-0.2, 0) is 0 Å². The molecule has 0 aliphatic rings. The van der Waals surface area contributed by atoms with Crippen molar-refractivity contribution < 1.29 is 4.79 Å². The number of nitrogens with zero attached hydrogens (tertiary/aromatic N) is 1. The van der Waals surface area contributed by atoms with Crippen molar-refractivity contribution in [2.24, 2.45) is 0 Å². The molecule has 0 fully saturated rings. The molecule has 0 bridgehead atoms. The molecule has 1 atom stereocenters. The molecule has 1 unspecified atom stereocenters. The molecule has 1 rings (SSSR count). The van der Waals surface area contributed by atoms with Crippen LogP contribution in [0.3, 0.4) is 0 Å². The lowest BCUT2D eigenvalue weighted by Gasteiger charge is -2.23. The molecular weight excluding hydrogens is 234 g/mol. The van der Waals surface area contributed by atoms with Gasteiger partial charge >= 0.3 is 0 Å². The number of likely N-dealkylation sites (N-methyl/N-ethyl adjacent to an activating group) is 1. The van der Waals surface area contributed by atoms with Crippen molar-refractivity contribution in [3.8, 4) is 0 Å². The van der Waals surface area contributed by atoms with Gasteiger partial charge in [-0.15, -0.1) is 0 Å². The molecule has 0 heterocycles. The molecule has 2 nitrogen and oxygen atoms in total. The third-order valence-electron chi connectivity index (χ3n) is 3.02. The van der Waals surface area contributed by atoms with E-state index in [0.717, 1.165) is 18.4 Å². The highest BCUT2D eigenvalue weighted by molar-refractivity contribution is 6.30. The number of carbonyl (C=O) groups excluding carboxylic acids is 1. The first-order chi connectivity index (χ1) is 8.04. The van der Waals surface area contributed by atoms with Gasteiger partial charge in [-0.1, -0.05) is 24.9 Å². The first kappa shape index (κ1) is 14.2. The Hall–Kier alpha value is -0.860. The molecule has 0 aliphatic heterocycles. The highest BCUT2D eigenvalue weighted by Crippen LogP contribution is 2.11. The van der Waals surface area contributed by atoms with E-state index in [0.29, 0.717) is 17.6 Å². The summed E-state index contributed by atoms with van der Waals surface area (Å²) in [6.07, 6.45) is 2.25. The second-order valence-electron chi connectivity index (χ2n) is 4.48. The molecule has 17 heavy (non-hydrogen) atoms. The van der Waals surface area contributed by atoms with Crippen LogP contribution in [0.25, 0.3) is 0 Å². The van der Waals surface area contributed by atoms with Crippen LogP contribution in [-0.4, -0.2) is 30.3 Å². The Morgan fingerprint density at radius 2 is 1.94 bits per heavy atom. The van der Waals surface area contributed by atoms with Crippen LogP contribution >= 0.6 is 11.6 Å². The summed E-state index contributed by atoms with van der Waals surface area (Å²) >= 11 is 5.79. The first-order valence-corrected chi connectivity index (χ1v) is 6.41. The number of Topliss-reactive ketones (excluding diaryl/α,β-unsaturated/α-hetero) is 1. The average Bonchev–Trinajstić information content (AvgIpc) is 2.30. The molecule has 0 aromatic heterocycles. The number of hydrogen-bond donors (Lipinski definition) is 0. The third kappa shape index (κ3) is 4.49. The fourth-order valence-corrected chi connectivity index (χ4v) is 1.87. The Morgan fingerprint density at radius 3 is 2.47 bits per heavy atom. The van der Waals surface area contributed by atoms with Crippen molar-refractivity contribution in [3.05, 3.63) is 34.9 Å². The van der Waals surface area contributed by atoms with E-state index in [4.69, 9.17) is 11.6 Å². The van der Waals surface area contributed by atoms with Gasteiger partial charge in [0.15, 0.2) is 5.78 Å². The van der Waals surface area contributed by atoms with Gasteiger partial charge in [-0.2, -0.15) is 0 Å². The summed E-state index contributed by atoms with van der Waals surface area (Å²) in [6, 6.07) is 7.51. The van der Waals surface area contributed by atoms with Gasteiger partial charge in [-0.3, -0.25) is 9.69 Å². The zero-order valence-electron chi connectivity index (χ0n) is 10.7. The molecule has 0 radical (unpaired) electrons. The van der Waals surface area contributed by atoms with Crippen LogP contribution in [0.4, 0.5) is 0 Å². The van der Waals surface area contributed by atoms with Crippen molar-refractivity contribution in [1.82, 2.24) is 4.90 Å². The molecule has 0 N–H and O–H groups in total. The van der Waals surface area contributed by atoms with Crippen molar-refractivity contribution in [3.63, 3.8) is 0 Å². The van der Waals surface area contributed by atoms with Crippen molar-refractivity contribution in [2.45, 2.75) is 32.7 Å². The lowest BCUT2D eigenvalue weighted by Crippen LogP contribution is -2.33. The molecule has 3 heteroatoms. The SMILES string of the molecule is CCCC(C)N(C)CC(=O)c1ccc(Cl)cc1. The van der Waals surface area contributed by atoms with E-state index in [9.17, 15) is 4.79 Å². The number of benzene rings is 1. The molecule has 1 aromatic rings. The average molecular weight is 254 g/mol. The Kier molecular flexibility index (Phi) is 5.66. The maximum atomic E-state index is 12.0. The summed E-state index contributed by atoms with van der Waals surface area (Å²) < 4.78 is 0. The van der Waals surface area contributed by atoms with Gasteiger partial charge in [0.2, 0.25) is 0 Å². The van der Waals surface area contributed by atoms with E-state index >= 15 is 0 Å². The van der Waals surface area contributed by atoms with Crippen molar-refractivity contribution >= 4 is 17.4 Å². The van der Waals surface area contributed by atoms with E-state index in [1.165, 1.54) is 0 Å². The lowest BCUT2D eigenvalue weighted by atomic mass is 10.1. The van der Waals surface area contributed by atoms with Gasteiger partial charge in [0.25, 0.3) is 0 Å². The second-order valence-corrected chi connectivity index (χ2v) is 4.92. The third-order valence-corrected chi connectivity index (χ3v) is 3.27. The van der Waals surface area contributed by atoms with Crippen molar-refractivity contribution in [1.29, 1.82) is 0 Å². The van der Waals surface area contributed by atoms with Crippen LogP contribution in [0.1, 0.15) is 37.0 Å². The van der Waals surface area contributed by atoms with E-state index < -0.39 is 0 Å². The Morgan fingerprint density at radius 1 is 1.35 bits per heavy atom. The van der Waals surface area contributed by atoms with E-state index in [1.54, 1.807) is 24.3 Å². The summed E-state index contributed by atoms with van der Waals surface area (Å²) in [6.45, 7) is 4.77. The fourth-order valence-electron chi connectivity index (χ4n) is 1.75. The van der Waals surface area contributed by atoms with Crippen LogP contribution in [0.15, 0.2) is 24.3 Å². The van der Waals surface area contributed by atoms with Crippen LogP contribution in [0.5, 0.6) is 0 Å². The maximum Gasteiger partial charge on any atom is 0.176 e. The Bertz CT molecular complexity index is 361. The molecule has 0 amide bonds. The minimum absolute atomic E-state index is 0.145. The van der Waals surface area contributed by atoms with E-state index in [1.807, 2.05) is 7.05 Å². The summed E-state index contributed by atoms with van der Waals surface area (Å²) in [7, 11) is 1.99. The summed E-state index contributed by atoms with van der Waals surface area (Å²) in [4.78, 5) is 14.1. The number of hydrogen-bond acceptors (Lipinski definition) is 2. The van der Waals surface area contributed by atoms with Crippen molar-refractivity contribution in [2.75, 3.05) is 13.6 Å². The highest BCUT2D eigenvalue weighted by atomic mass is 35.5. The topological polar surface area (TPSA) is 20.3 Å². The minimum atomic E-state index is 0.145. The summed E-state index contributed by atoms with van der Waals surface area (Å²) in [5.41, 5.74) is 0.727. The van der Waals surface area contributed by atoms with E-state index in [2.05, 4.69) is 18.7 Å². The predicted molar refractivity (Wildman–Crippen MR) is 72.8 cm³/mol. The van der Waals surface area contributed by atoms with Gasteiger partial charge in [0.05, 0.1) is 6.54 Å². The fraction of sp³-hybridized carbons (Fsp3) is 0.500. The predicted octanol–water partition coefficient (Wildman–Crippen LogP) is 3.64. The smallest absolute Gasteiger partial charge is 0.176 e. The highest BCUT2D eigenvalue weighted by Gasteiger charge is 2.13. The largest absolute Gasteiger partial charge is 0.296 e. The quantitative estimate of drug-likeness (QED) is 0.722. The van der Waals surface area contributed by atoms with Crippen LogP contribution < -0.4 is 0 Å². The number of halogens is 1. The molecule has 94 valence electrons.